The van der Waals surface area contributed by atoms with Crippen molar-refractivity contribution in [3.63, 3.8) is 0 Å². The zero-order valence-electron chi connectivity index (χ0n) is 18.2. The number of carbonyl (C=O) groups is 2. The van der Waals surface area contributed by atoms with Gasteiger partial charge in [-0.05, 0) is 48.6 Å². The molecule has 0 unspecified atom stereocenters. The third-order valence-corrected chi connectivity index (χ3v) is 7.71. The van der Waals surface area contributed by atoms with Crippen molar-refractivity contribution in [2.45, 2.75) is 30.4 Å². The quantitative estimate of drug-likeness (QED) is 0.597. The first-order valence-corrected chi connectivity index (χ1v) is 13.4. The predicted molar refractivity (Wildman–Crippen MR) is 127 cm³/mol. The van der Waals surface area contributed by atoms with E-state index >= 15 is 0 Å². The number of thioether (sulfide) groups is 1. The van der Waals surface area contributed by atoms with Crippen molar-refractivity contribution in [2.75, 3.05) is 25.6 Å². The summed E-state index contributed by atoms with van der Waals surface area (Å²) in [5.74, 6) is -0.838. The van der Waals surface area contributed by atoms with Crippen LogP contribution in [0.3, 0.4) is 0 Å². The lowest BCUT2D eigenvalue weighted by molar-refractivity contribution is -0.153. The van der Waals surface area contributed by atoms with Gasteiger partial charge in [0, 0.05) is 29.6 Å². The van der Waals surface area contributed by atoms with Crippen LogP contribution >= 0.6 is 23.4 Å². The molecule has 32 heavy (non-hydrogen) atoms. The minimum absolute atomic E-state index is 0.118. The van der Waals surface area contributed by atoms with E-state index in [-0.39, 0.29) is 26.2 Å². The monoisotopic (exact) mass is 495 g/mol. The molecule has 1 aliphatic heterocycles. The van der Waals surface area contributed by atoms with Gasteiger partial charge in [0.15, 0.2) is 0 Å². The van der Waals surface area contributed by atoms with E-state index in [1.807, 2.05) is 30.5 Å². The first kappa shape index (κ1) is 24.6. The number of benzene rings is 2. The van der Waals surface area contributed by atoms with Crippen molar-refractivity contribution in [1.82, 2.24) is 14.5 Å². The highest BCUT2D eigenvalue weighted by atomic mass is 35.5. The maximum atomic E-state index is 13.3. The van der Waals surface area contributed by atoms with Crippen molar-refractivity contribution >= 4 is 45.2 Å². The Morgan fingerprint density at radius 1 is 1.12 bits per heavy atom. The summed E-state index contributed by atoms with van der Waals surface area (Å²) >= 11 is 7.52. The number of sulfonamides is 1. The molecule has 0 aromatic heterocycles. The van der Waals surface area contributed by atoms with Crippen molar-refractivity contribution in [1.29, 1.82) is 0 Å². The van der Waals surface area contributed by atoms with Crippen LogP contribution in [0.1, 0.15) is 18.1 Å². The van der Waals surface area contributed by atoms with Crippen LogP contribution in [-0.2, 0) is 32.7 Å². The van der Waals surface area contributed by atoms with Crippen LogP contribution in [0.25, 0.3) is 0 Å². The molecule has 0 spiro atoms. The Kier molecular flexibility index (Phi) is 7.54. The molecular weight excluding hydrogens is 470 g/mol. The summed E-state index contributed by atoms with van der Waals surface area (Å²) in [5, 5.41) is 3.44. The van der Waals surface area contributed by atoms with Crippen molar-refractivity contribution in [2.24, 2.45) is 0 Å². The maximum Gasteiger partial charge on any atom is 0.247 e. The Morgan fingerprint density at radius 3 is 2.28 bits per heavy atom. The molecule has 172 valence electrons. The van der Waals surface area contributed by atoms with E-state index in [4.69, 9.17) is 11.6 Å². The van der Waals surface area contributed by atoms with Gasteiger partial charge in [0.25, 0.3) is 0 Å². The number of hydrogen-bond acceptors (Lipinski definition) is 5. The van der Waals surface area contributed by atoms with Gasteiger partial charge in [-0.2, -0.15) is 4.31 Å². The number of piperazine rings is 1. The summed E-state index contributed by atoms with van der Waals surface area (Å²) in [6.07, 6.45) is 3.02. The average molecular weight is 496 g/mol. The van der Waals surface area contributed by atoms with Crippen LogP contribution in [0, 0.1) is 0 Å². The van der Waals surface area contributed by atoms with E-state index in [2.05, 4.69) is 5.32 Å². The molecule has 10 heteroatoms. The van der Waals surface area contributed by atoms with Crippen molar-refractivity contribution in [3.8, 4) is 0 Å². The summed E-state index contributed by atoms with van der Waals surface area (Å²) in [5.41, 5.74) is 0.330. The molecule has 0 radical (unpaired) electrons. The van der Waals surface area contributed by atoms with E-state index in [0.29, 0.717) is 5.02 Å². The minimum atomic E-state index is -3.65. The molecule has 1 heterocycles. The molecule has 0 bridgehead atoms. The number of nitrogens with one attached hydrogen (secondary N) is 1. The molecule has 1 N–H and O–H groups in total. The highest BCUT2D eigenvalue weighted by molar-refractivity contribution is 7.98. The van der Waals surface area contributed by atoms with E-state index in [1.54, 1.807) is 43.0 Å². The fourth-order valence-corrected chi connectivity index (χ4v) is 4.94. The second-order valence-corrected chi connectivity index (χ2v) is 11.2. The largest absolute Gasteiger partial charge is 0.350 e. The number of rotatable bonds is 7. The Morgan fingerprint density at radius 2 is 1.72 bits per heavy atom. The summed E-state index contributed by atoms with van der Waals surface area (Å²) in [6.45, 7) is 1.63. The normalized spacial score (nSPS) is 19.8. The Balaban J connectivity index is 1.86. The topological polar surface area (TPSA) is 86.8 Å². The molecule has 0 saturated carbocycles. The molecule has 2 amide bonds. The second kappa shape index (κ2) is 9.82. The Labute approximate surface area is 198 Å². The van der Waals surface area contributed by atoms with Gasteiger partial charge in [-0.25, -0.2) is 8.42 Å². The minimum Gasteiger partial charge on any atom is -0.350 e. The molecule has 3 rings (SSSR count). The van der Waals surface area contributed by atoms with E-state index in [1.165, 1.54) is 4.90 Å². The second-order valence-electron chi connectivity index (χ2n) is 7.94. The van der Waals surface area contributed by atoms with Gasteiger partial charge in [0.05, 0.1) is 12.8 Å². The summed E-state index contributed by atoms with van der Waals surface area (Å²) in [4.78, 5) is 28.9. The lowest BCUT2D eigenvalue weighted by Gasteiger charge is -2.46. The molecule has 2 aromatic carbocycles. The summed E-state index contributed by atoms with van der Waals surface area (Å²) < 4.78 is 25.5. The first-order chi connectivity index (χ1) is 15.0. The molecule has 7 nitrogen and oxygen atoms in total. The SMILES string of the molecule is CSc1ccc(CN2C(=O)CN(S(C)(=O)=O)C[C@@]2(C)C(=O)NCc2ccc(Cl)cc2)cc1. The molecule has 0 aliphatic carbocycles. The zero-order chi connectivity index (χ0) is 23.5. The number of hydrogen-bond donors (Lipinski definition) is 1. The van der Waals surface area contributed by atoms with Crippen molar-refractivity contribution < 1.29 is 18.0 Å². The van der Waals surface area contributed by atoms with E-state index < -0.39 is 27.4 Å². The number of carbonyl (C=O) groups excluding carboxylic acids is 2. The van der Waals surface area contributed by atoms with Crippen LogP contribution in [-0.4, -0.2) is 60.6 Å². The first-order valence-electron chi connectivity index (χ1n) is 9.94. The van der Waals surface area contributed by atoms with Crippen LogP contribution in [0.4, 0.5) is 0 Å². The summed E-state index contributed by atoms with van der Waals surface area (Å²) in [6, 6.07) is 14.8. The molecule has 1 fully saturated rings. The van der Waals surface area contributed by atoms with Crippen molar-refractivity contribution in [3.05, 3.63) is 64.7 Å². The van der Waals surface area contributed by atoms with Gasteiger partial charge in [0.1, 0.15) is 5.54 Å². The fourth-order valence-electron chi connectivity index (χ4n) is 3.58. The molecular formula is C22H26ClN3O4S2. The van der Waals surface area contributed by atoms with Gasteiger partial charge in [-0.1, -0.05) is 35.9 Å². The number of nitrogens with zero attached hydrogens (tertiary/aromatic N) is 2. The third-order valence-electron chi connectivity index (χ3n) is 5.52. The van der Waals surface area contributed by atoms with Crippen LogP contribution in [0.2, 0.25) is 5.02 Å². The van der Waals surface area contributed by atoms with Crippen LogP contribution < -0.4 is 5.32 Å². The average Bonchev–Trinajstić information content (AvgIpc) is 2.75. The lowest BCUT2D eigenvalue weighted by atomic mass is 9.94. The number of amides is 2. The van der Waals surface area contributed by atoms with E-state index in [9.17, 15) is 18.0 Å². The molecule has 1 saturated heterocycles. The maximum absolute atomic E-state index is 13.3. The molecule has 1 aliphatic rings. The number of halogens is 1. The lowest BCUT2D eigenvalue weighted by Crippen LogP contribution is -2.69. The van der Waals surface area contributed by atoms with Gasteiger partial charge in [-0.3, -0.25) is 9.59 Å². The smallest absolute Gasteiger partial charge is 0.247 e. The molecule has 2 aromatic rings. The molecule has 1 atom stereocenters. The Bertz CT molecular complexity index is 1090. The highest BCUT2D eigenvalue weighted by Crippen LogP contribution is 2.27. The predicted octanol–water partition coefficient (Wildman–Crippen LogP) is 2.74. The third kappa shape index (κ3) is 5.64. The van der Waals surface area contributed by atoms with Gasteiger partial charge < -0.3 is 10.2 Å². The highest BCUT2D eigenvalue weighted by Gasteiger charge is 2.49. The zero-order valence-corrected chi connectivity index (χ0v) is 20.6. The van der Waals surface area contributed by atoms with Gasteiger partial charge in [-0.15, -0.1) is 11.8 Å². The fraction of sp³-hybridized carbons (Fsp3) is 0.364. The van der Waals surface area contributed by atoms with Crippen LogP contribution in [0.15, 0.2) is 53.4 Å². The summed E-state index contributed by atoms with van der Waals surface area (Å²) in [7, 11) is -3.65. The van der Waals surface area contributed by atoms with Crippen LogP contribution in [0.5, 0.6) is 0 Å². The standard InChI is InChI=1S/C22H26ClN3O4S2/c1-22(21(28)24-12-16-4-8-18(23)9-5-16)15-25(32(3,29)30)14-20(27)26(22)13-17-6-10-19(31-2)11-7-17/h4-11H,12-15H2,1-3H3,(H,24,28)/t22-/m0/s1. The van der Waals surface area contributed by atoms with E-state index in [0.717, 1.165) is 26.6 Å². The van der Waals surface area contributed by atoms with Gasteiger partial charge >= 0.3 is 0 Å². The van der Waals surface area contributed by atoms with Gasteiger partial charge in [0.2, 0.25) is 21.8 Å². The Hall–Kier alpha value is -2.07.